The number of sulfonamides is 1. The molecule has 1 heterocycles. The maximum absolute atomic E-state index is 12.5. The zero-order valence-corrected chi connectivity index (χ0v) is 13.9. The van der Waals surface area contributed by atoms with E-state index in [0.717, 1.165) is 0 Å². The Morgan fingerprint density at radius 2 is 2.05 bits per heavy atom. The molecule has 0 spiro atoms. The third kappa shape index (κ3) is 4.07. The first-order valence-corrected chi connectivity index (χ1v) is 8.54. The quantitative estimate of drug-likeness (QED) is 0.839. The predicted octanol–water partition coefficient (Wildman–Crippen LogP) is 2.83. The molecule has 5 nitrogen and oxygen atoms in total. The second-order valence-electron chi connectivity index (χ2n) is 4.88. The van der Waals surface area contributed by atoms with E-state index < -0.39 is 10.0 Å². The van der Waals surface area contributed by atoms with Crippen LogP contribution in [0.25, 0.3) is 0 Å². The molecule has 0 saturated heterocycles. The maximum Gasteiger partial charge on any atom is 0.244 e. The van der Waals surface area contributed by atoms with Crippen molar-refractivity contribution in [2.45, 2.75) is 32.6 Å². The van der Waals surface area contributed by atoms with Crippen molar-refractivity contribution in [2.75, 3.05) is 25.0 Å². The van der Waals surface area contributed by atoms with Gasteiger partial charge in [-0.05, 0) is 18.9 Å². The third-order valence-corrected chi connectivity index (χ3v) is 4.91. The smallest absolute Gasteiger partial charge is 0.244 e. The van der Waals surface area contributed by atoms with E-state index in [1.165, 1.54) is 16.6 Å². The summed E-state index contributed by atoms with van der Waals surface area (Å²) >= 11 is 6.06. The molecule has 0 fully saturated rings. The van der Waals surface area contributed by atoms with Crippen LogP contribution < -0.4 is 5.32 Å². The molecule has 0 unspecified atom stereocenters. The Morgan fingerprint density at radius 3 is 2.50 bits per heavy atom. The number of hydrogen-bond acceptors (Lipinski definition) is 4. The largest absolute Gasteiger partial charge is 0.369 e. The van der Waals surface area contributed by atoms with E-state index in [2.05, 4.69) is 10.3 Å². The van der Waals surface area contributed by atoms with Crippen LogP contribution in [0.4, 0.5) is 5.82 Å². The molecule has 0 radical (unpaired) electrons. The first kappa shape index (κ1) is 17.2. The second-order valence-corrected chi connectivity index (χ2v) is 7.23. The van der Waals surface area contributed by atoms with E-state index in [1.807, 2.05) is 27.7 Å². The van der Waals surface area contributed by atoms with Gasteiger partial charge in [0.25, 0.3) is 0 Å². The molecule has 0 aliphatic carbocycles. The van der Waals surface area contributed by atoms with Gasteiger partial charge in [-0.15, -0.1) is 0 Å². The molecule has 0 aliphatic heterocycles. The molecule has 0 saturated carbocycles. The van der Waals surface area contributed by atoms with Gasteiger partial charge in [0.05, 0.1) is 5.02 Å². The maximum atomic E-state index is 12.5. The van der Waals surface area contributed by atoms with Gasteiger partial charge in [0.15, 0.2) is 0 Å². The Bertz CT molecular complexity index is 547. The van der Waals surface area contributed by atoms with Crippen LogP contribution in [0.3, 0.4) is 0 Å². The van der Waals surface area contributed by atoms with Gasteiger partial charge in [0.1, 0.15) is 10.7 Å². The minimum absolute atomic E-state index is 0.131. The summed E-state index contributed by atoms with van der Waals surface area (Å²) in [6.07, 6.45) is 1.35. The van der Waals surface area contributed by atoms with Gasteiger partial charge >= 0.3 is 0 Å². The van der Waals surface area contributed by atoms with E-state index >= 15 is 0 Å². The number of pyridine rings is 1. The highest BCUT2D eigenvalue weighted by molar-refractivity contribution is 7.89. The Hall–Kier alpha value is -0.850. The highest BCUT2D eigenvalue weighted by Crippen LogP contribution is 2.24. The Morgan fingerprint density at radius 1 is 1.40 bits per heavy atom. The van der Waals surface area contributed by atoms with Crippen molar-refractivity contribution in [2.24, 2.45) is 5.92 Å². The Labute approximate surface area is 126 Å². The van der Waals surface area contributed by atoms with Crippen molar-refractivity contribution in [1.29, 1.82) is 0 Å². The fourth-order valence-corrected chi connectivity index (χ4v) is 3.70. The first-order chi connectivity index (χ1) is 9.32. The summed E-state index contributed by atoms with van der Waals surface area (Å²) in [5.74, 6) is 0.759. The van der Waals surface area contributed by atoms with Crippen LogP contribution >= 0.6 is 11.6 Å². The molecule has 114 valence electrons. The minimum atomic E-state index is -3.54. The fourth-order valence-electron chi connectivity index (χ4n) is 1.81. The molecule has 20 heavy (non-hydrogen) atoms. The number of aromatic nitrogens is 1. The summed E-state index contributed by atoms with van der Waals surface area (Å²) in [6.45, 7) is 9.28. The van der Waals surface area contributed by atoms with Gasteiger partial charge in [-0.25, -0.2) is 13.4 Å². The van der Waals surface area contributed by atoms with Crippen molar-refractivity contribution in [3.05, 3.63) is 17.3 Å². The van der Waals surface area contributed by atoms with E-state index in [1.54, 1.807) is 0 Å². The highest BCUT2D eigenvalue weighted by atomic mass is 35.5. The zero-order chi connectivity index (χ0) is 15.3. The van der Waals surface area contributed by atoms with Gasteiger partial charge in [0.2, 0.25) is 10.0 Å². The third-order valence-electron chi connectivity index (χ3n) is 2.72. The number of rotatable bonds is 7. The van der Waals surface area contributed by atoms with E-state index in [9.17, 15) is 8.42 Å². The normalized spacial score (nSPS) is 12.2. The van der Waals surface area contributed by atoms with Gasteiger partial charge in [-0.3, -0.25) is 0 Å². The summed E-state index contributed by atoms with van der Waals surface area (Å²) in [6, 6.07) is 1.45. The van der Waals surface area contributed by atoms with E-state index in [4.69, 9.17) is 11.6 Å². The van der Waals surface area contributed by atoms with Crippen LogP contribution in [0.15, 0.2) is 17.2 Å². The lowest BCUT2D eigenvalue weighted by Crippen LogP contribution is -2.34. The monoisotopic (exact) mass is 319 g/mol. The lowest BCUT2D eigenvalue weighted by Gasteiger charge is -2.22. The lowest BCUT2D eigenvalue weighted by atomic mass is 10.2. The molecule has 7 heteroatoms. The van der Waals surface area contributed by atoms with Crippen LogP contribution in [0, 0.1) is 5.92 Å². The summed E-state index contributed by atoms with van der Waals surface area (Å²) in [7, 11) is -3.54. The number of hydrogen-bond donors (Lipinski definition) is 1. The summed E-state index contributed by atoms with van der Waals surface area (Å²) < 4.78 is 26.5. The molecule has 0 aromatic carbocycles. The molecule has 0 atom stereocenters. The van der Waals surface area contributed by atoms with Crippen LogP contribution in [0.5, 0.6) is 0 Å². The van der Waals surface area contributed by atoms with Gasteiger partial charge in [0, 0.05) is 25.8 Å². The standard InChI is InChI=1S/C13H22ClN3O2S/c1-5-15-13-12(14)7-11(8-16-13)20(18,19)17(6-2)9-10(3)4/h7-8,10H,5-6,9H2,1-4H3,(H,15,16). The number of halogens is 1. The number of anilines is 1. The molecular weight excluding hydrogens is 298 g/mol. The molecule has 0 aliphatic rings. The molecule has 1 rings (SSSR count). The van der Waals surface area contributed by atoms with Crippen LogP contribution in [-0.2, 0) is 10.0 Å². The molecular formula is C13H22ClN3O2S. The topological polar surface area (TPSA) is 62.3 Å². The average molecular weight is 320 g/mol. The van der Waals surface area contributed by atoms with Crippen molar-refractivity contribution in [3.8, 4) is 0 Å². The number of nitrogens with zero attached hydrogens (tertiary/aromatic N) is 2. The van der Waals surface area contributed by atoms with Gasteiger partial charge in [-0.2, -0.15) is 4.31 Å². The lowest BCUT2D eigenvalue weighted by molar-refractivity contribution is 0.381. The van der Waals surface area contributed by atoms with Crippen LogP contribution in [0.1, 0.15) is 27.7 Å². The van der Waals surface area contributed by atoms with Crippen LogP contribution in [-0.4, -0.2) is 37.3 Å². The van der Waals surface area contributed by atoms with Crippen LogP contribution in [0.2, 0.25) is 5.02 Å². The van der Waals surface area contributed by atoms with E-state index in [-0.39, 0.29) is 10.8 Å². The Balaban J connectivity index is 3.11. The predicted molar refractivity (Wildman–Crippen MR) is 82.7 cm³/mol. The average Bonchev–Trinajstić information content (AvgIpc) is 2.38. The SMILES string of the molecule is CCNc1ncc(S(=O)(=O)N(CC)CC(C)C)cc1Cl. The summed E-state index contributed by atoms with van der Waals surface area (Å²) in [5, 5.41) is 3.29. The minimum Gasteiger partial charge on any atom is -0.369 e. The van der Waals surface area contributed by atoms with Crippen molar-refractivity contribution < 1.29 is 8.42 Å². The summed E-state index contributed by atoms with van der Waals surface area (Å²) in [5.41, 5.74) is 0. The highest BCUT2D eigenvalue weighted by Gasteiger charge is 2.24. The van der Waals surface area contributed by atoms with Crippen molar-refractivity contribution in [3.63, 3.8) is 0 Å². The van der Waals surface area contributed by atoms with Gasteiger partial charge in [-0.1, -0.05) is 32.4 Å². The molecule has 1 aromatic heterocycles. The Kier molecular flexibility index (Phi) is 6.23. The van der Waals surface area contributed by atoms with E-state index in [0.29, 0.717) is 30.5 Å². The van der Waals surface area contributed by atoms with Crippen molar-refractivity contribution >= 4 is 27.4 Å². The number of nitrogens with one attached hydrogen (secondary N) is 1. The zero-order valence-electron chi connectivity index (χ0n) is 12.4. The molecule has 0 amide bonds. The molecule has 1 aromatic rings. The van der Waals surface area contributed by atoms with Gasteiger partial charge < -0.3 is 5.32 Å². The second kappa shape index (κ2) is 7.24. The molecule has 1 N–H and O–H groups in total. The van der Waals surface area contributed by atoms with Crippen molar-refractivity contribution in [1.82, 2.24) is 9.29 Å². The fraction of sp³-hybridized carbons (Fsp3) is 0.615. The molecule has 0 bridgehead atoms. The summed E-state index contributed by atoms with van der Waals surface area (Å²) in [4.78, 5) is 4.21. The first-order valence-electron chi connectivity index (χ1n) is 6.72.